The number of benzene rings is 1. The van der Waals surface area contributed by atoms with Crippen LogP contribution in [0.25, 0.3) is 0 Å². The van der Waals surface area contributed by atoms with Crippen LogP contribution in [0.1, 0.15) is 50.0 Å². The van der Waals surface area contributed by atoms with Gasteiger partial charge in [-0.3, -0.25) is 0 Å². The van der Waals surface area contributed by atoms with E-state index in [1.165, 1.54) is 12.1 Å². The molecule has 0 aromatic heterocycles. The largest absolute Gasteiger partial charge is 0.573 e. The molecule has 1 saturated carbocycles. The second kappa shape index (κ2) is 9.01. The maximum Gasteiger partial charge on any atom is 0.573 e. The molecular weight excluding hydrogens is 369 g/mol. The zero-order valence-electron chi connectivity index (χ0n) is 16.5. The Labute approximate surface area is 165 Å². The van der Waals surface area contributed by atoms with Gasteiger partial charge in [0, 0.05) is 25.6 Å². The van der Waals surface area contributed by atoms with Crippen molar-refractivity contribution in [3.63, 3.8) is 0 Å². The molecule has 2 aliphatic rings. The van der Waals surface area contributed by atoms with E-state index >= 15 is 0 Å². The lowest BCUT2D eigenvalue weighted by Crippen LogP contribution is -2.45. The Kier molecular flexibility index (Phi) is 6.89. The van der Waals surface area contributed by atoms with Gasteiger partial charge in [0.15, 0.2) is 0 Å². The molecule has 0 radical (unpaired) electrons. The van der Waals surface area contributed by atoms with E-state index in [-0.39, 0.29) is 11.7 Å². The number of hydrogen-bond donors (Lipinski definition) is 1. The minimum absolute atomic E-state index is 0.115. The number of alkyl halides is 3. The molecule has 7 heteroatoms. The lowest BCUT2D eigenvalue weighted by Gasteiger charge is -2.42. The van der Waals surface area contributed by atoms with Gasteiger partial charge in [0.25, 0.3) is 0 Å². The highest BCUT2D eigenvalue weighted by atomic mass is 19.4. The molecule has 1 atom stereocenters. The van der Waals surface area contributed by atoms with Gasteiger partial charge in [0.1, 0.15) is 5.75 Å². The molecule has 4 nitrogen and oxygen atoms in total. The Morgan fingerprint density at radius 3 is 2.32 bits per heavy atom. The fraction of sp³-hybridized carbons (Fsp3) is 0.714. The summed E-state index contributed by atoms with van der Waals surface area (Å²) in [5, 5.41) is 11.4. The van der Waals surface area contributed by atoms with Crippen LogP contribution in [0.15, 0.2) is 24.3 Å². The van der Waals surface area contributed by atoms with Crippen LogP contribution in [0.3, 0.4) is 0 Å². The highest BCUT2D eigenvalue weighted by Gasteiger charge is 2.40. The maximum atomic E-state index is 12.5. The van der Waals surface area contributed by atoms with Crippen LogP contribution in [0.2, 0.25) is 0 Å². The zero-order valence-corrected chi connectivity index (χ0v) is 16.5. The van der Waals surface area contributed by atoms with E-state index in [1.54, 1.807) is 12.1 Å². The van der Waals surface area contributed by atoms with E-state index in [0.29, 0.717) is 0 Å². The maximum absolute atomic E-state index is 12.5. The Morgan fingerprint density at radius 2 is 1.68 bits per heavy atom. The number of hydrogen-bond acceptors (Lipinski definition) is 4. The molecule has 1 N–H and O–H groups in total. The molecule has 1 heterocycles. The predicted molar refractivity (Wildman–Crippen MR) is 102 cm³/mol. The predicted octanol–water partition coefficient (Wildman–Crippen LogP) is 4.00. The van der Waals surface area contributed by atoms with Crippen molar-refractivity contribution in [1.29, 1.82) is 0 Å². The number of nitrogens with zero attached hydrogens (tertiary/aromatic N) is 2. The molecule has 2 fully saturated rings. The minimum Gasteiger partial charge on any atom is -0.406 e. The highest BCUT2D eigenvalue weighted by Crippen LogP contribution is 2.41. The van der Waals surface area contributed by atoms with Crippen LogP contribution in [-0.4, -0.2) is 66.6 Å². The molecule has 1 aromatic carbocycles. The monoisotopic (exact) mass is 400 g/mol. The Morgan fingerprint density at radius 1 is 1.00 bits per heavy atom. The molecule has 1 aromatic rings. The van der Waals surface area contributed by atoms with Gasteiger partial charge in [-0.15, -0.1) is 13.2 Å². The number of aliphatic hydroxyl groups is 1. The fourth-order valence-electron chi connectivity index (χ4n) is 4.54. The first-order chi connectivity index (χ1) is 13.3. The lowest BCUT2D eigenvalue weighted by molar-refractivity contribution is -0.274. The third-order valence-electron chi connectivity index (χ3n) is 6.14. The Balaban J connectivity index is 1.79. The second-order valence-electron chi connectivity index (χ2n) is 8.29. The van der Waals surface area contributed by atoms with Crippen LogP contribution < -0.4 is 4.74 Å². The minimum atomic E-state index is -4.69. The van der Waals surface area contributed by atoms with Crippen LogP contribution >= 0.6 is 0 Å². The molecule has 0 amide bonds. The summed E-state index contributed by atoms with van der Waals surface area (Å²) >= 11 is 0. The topological polar surface area (TPSA) is 35.9 Å². The SMILES string of the molecule is CN1CCCN(CC(c2ccc(OC(F)(F)F)cc2)C2(O)CCCCC2)CC1. The summed E-state index contributed by atoms with van der Waals surface area (Å²) in [5.41, 5.74) is 0.0830. The second-order valence-corrected chi connectivity index (χ2v) is 8.29. The average molecular weight is 400 g/mol. The summed E-state index contributed by atoms with van der Waals surface area (Å²) < 4.78 is 41.4. The Bertz CT molecular complexity index is 615. The third-order valence-corrected chi connectivity index (χ3v) is 6.14. The third kappa shape index (κ3) is 5.84. The van der Waals surface area contributed by atoms with Crippen LogP contribution in [-0.2, 0) is 0 Å². The normalized spacial score (nSPS) is 23.2. The fourth-order valence-corrected chi connectivity index (χ4v) is 4.54. The van der Waals surface area contributed by atoms with E-state index in [9.17, 15) is 18.3 Å². The summed E-state index contributed by atoms with van der Waals surface area (Å²) in [7, 11) is 2.12. The van der Waals surface area contributed by atoms with Crippen LogP contribution in [0, 0.1) is 0 Å². The standard InChI is InChI=1S/C21H31F3N2O2/c1-25-12-5-13-26(15-14-25)16-19(20(27)10-3-2-4-11-20)17-6-8-18(9-7-17)28-21(22,23)24/h6-9,19,27H,2-5,10-16H2,1H3. The molecule has 1 saturated heterocycles. The number of ether oxygens (including phenoxy) is 1. The van der Waals surface area contributed by atoms with Crippen molar-refractivity contribution >= 4 is 0 Å². The smallest absolute Gasteiger partial charge is 0.406 e. The van der Waals surface area contributed by atoms with E-state index < -0.39 is 12.0 Å². The van der Waals surface area contributed by atoms with E-state index in [0.717, 1.165) is 76.8 Å². The summed E-state index contributed by atoms with van der Waals surface area (Å²) in [4.78, 5) is 4.70. The van der Waals surface area contributed by atoms with Gasteiger partial charge >= 0.3 is 6.36 Å². The highest BCUT2D eigenvalue weighted by molar-refractivity contribution is 5.31. The molecule has 1 unspecified atom stereocenters. The molecule has 0 bridgehead atoms. The van der Waals surface area contributed by atoms with Crippen molar-refractivity contribution in [2.45, 2.75) is 56.4 Å². The van der Waals surface area contributed by atoms with Crippen molar-refractivity contribution in [2.75, 3.05) is 39.8 Å². The molecule has 0 spiro atoms. The lowest BCUT2D eigenvalue weighted by atomic mass is 9.72. The van der Waals surface area contributed by atoms with Gasteiger partial charge in [0.2, 0.25) is 0 Å². The zero-order chi connectivity index (χ0) is 20.2. The van der Waals surface area contributed by atoms with E-state index in [2.05, 4.69) is 21.6 Å². The molecular formula is C21H31F3N2O2. The van der Waals surface area contributed by atoms with Crippen molar-refractivity contribution in [3.05, 3.63) is 29.8 Å². The summed E-state index contributed by atoms with van der Waals surface area (Å²) in [6.07, 6.45) is 0.983. The van der Waals surface area contributed by atoms with Gasteiger partial charge in [-0.2, -0.15) is 0 Å². The van der Waals surface area contributed by atoms with Gasteiger partial charge < -0.3 is 19.6 Å². The number of likely N-dealkylation sites (N-methyl/N-ethyl adjacent to an activating group) is 1. The molecule has 1 aliphatic carbocycles. The molecule has 28 heavy (non-hydrogen) atoms. The van der Waals surface area contributed by atoms with Gasteiger partial charge in [-0.25, -0.2) is 0 Å². The molecule has 158 valence electrons. The first-order valence-corrected chi connectivity index (χ1v) is 10.2. The van der Waals surface area contributed by atoms with E-state index in [1.807, 2.05) is 0 Å². The summed E-state index contributed by atoms with van der Waals surface area (Å²) in [6, 6.07) is 6.08. The number of rotatable bonds is 5. The summed E-state index contributed by atoms with van der Waals surface area (Å²) in [6.45, 7) is 4.70. The average Bonchev–Trinajstić information content (AvgIpc) is 2.84. The molecule has 1 aliphatic heterocycles. The van der Waals surface area contributed by atoms with Gasteiger partial charge in [-0.05, 0) is 57.1 Å². The Hall–Kier alpha value is -1.31. The first kappa shape index (κ1) is 21.4. The van der Waals surface area contributed by atoms with E-state index in [4.69, 9.17) is 0 Å². The van der Waals surface area contributed by atoms with Crippen molar-refractivity contribution in [3.8, 4) is 5.75 Å². The van der Waals surface area contributed by atoms with Gasteiger partial charge in [0.05, 0.1) is 5.60 Å². The number of halogens is 3. The summed E-state index contributed by atoms with van der Waals surface area (Å²) in [5.74, 6) is -0.335. The first-order valence-electron chi connectivity index (χ1n) is 10.2. The molecule has 3 rings (SSSR count). The quantitative estimate of drug-likeness (QED) is 0.811. The van der Waals surface area contributed by atoms with Crippen LogP contribution in [0.5, 0.6) is 5.75 Å². The van der Waals surface area contributed by atoms with Crippen molar-refractivity contribution in [1.82, 2.24) is 9.80 Å². The van der Waals surface area contributed by atoms with Crippen molar-refractivity contribution in [2.24, 2.45) is 0 Å². The van der Waals surface area contributed by atoms with Gasteiger partial charge in [-0.1, -0.05) is 31.4 Å². The van der Waals surface area contributed by atoms with Crippen molar-refractivity contribution < 1.29 is 23.0 Å². The van der Waals surface area contributed by atoms with Crippen LogP contribution in [0.4, 0.5) is 13.2 Å².